The topological polar surface area (TPSA) is 99.0 Å². The van der Waals surface area contributed by atoms with Crippen LogP contribution in [0.5, 0.6) is 0 Å². The molecule has 1 atom stereocenters. The zero-order valence-corrected chi connectivity index (χ0v) is 15.5. The minimum absolute atomic E-state index is 0.0696. The molecule has 1 aliphatic rings. The zero-order chi connectivity index (χ0) is 19.5. The van der Waals surface area contributed by atoms with Gasteiger partial charge in [0.25, 0.3) is 5.56 Å². The number of hydrogen-bond acceptors (Lipinski definition) is 7. The first-order valence-electron chi connectivity index (χ1n) is 8.67. The van der Waals surface area contributed by atoms with E-state index in [1.165, 1.54) is 35.6 Å². The Morgan fingerprint density at radius 1 is 1.25 bits per heavy atom. The Morgan fingerprint density at radius 3 is 2.82 bits per heavy atom. The molecule has 28 heavy (non-hydrogen) atoms. The van der Waals surface area contributed by atoms with Crippen LogP contribution in [0, 0.1) is 5.82 Å². The minimum Gasteiger partial charge on any atom is -0.371 e. The molecule has 0 aliphatic carbocycles. The molecule has 1 N–H and O–H groups in total. The first kappa shape index (κ1) is 18.4. The highest BCUT2D eigenvalue weighted by Gasteiger charge is 2.22. The molecule has 3 heterocycles. The molecule has 3 aromatic rings. The Labute approximate surface area is 163 Å². The van der Waals surface area contributed by atoms with Crippen molar-refractivity contribution in [2.45, 2.75) is 25.5 Å². The van der Waals surface area contributed by atoms with Gasteiger partial charge in [0.1, 0.15) is 23.5 Å². The number of aromatic nitrogens is 4. The van der Waals surface area contributed by atoms with Crippen molar-refractivity contribution in [2.24, 2.45) is 0 Å². The summed E-state index contributed by atoms with van der Waals surface area (Å²) in [6.07, 6.45) is 1.79. The van der Waals surface area contributed by atoms with E-state index in [1.54, 1.807) is 12.1 Å². The van der Waals surface area contributed by atoms with Crippen molar-refractivity contribution in [2.75, 3.05) is 11.9 Å². The first-order chi connectivity index (χ1) is 13.6. The highest BCUT2D eigenvalue weighted by atomic mass is 32.1. The lowest BCUT2D eigenvalue weighted by Crippen LogP contribution is -2.29. The van der Waals surface area contributed by atoms with Crippen molar-refractivity contribution in [3.8, 4) is 11.3 Å². The van der Waals surface area contributed by atoms with Gasteiger partial charge in [-0.25, -0.2) is 9.07 Å². The Bertz CT molecular complexity index is 1040. The lowest BCUT2D eigenvalue weighted by Gasteiger charge is -2.07. The lowest BCUT2D eigenvalue weighted by atomic mass is 10.1. The number of halogens is 1. The Balaban J connectivity index is 1.46. The van der Waals surface area contributed by atoms with Crippen molar-refractivity contribution in [1.29, 1.82) is 0 Å². The summed E-state index contributed by atoms with van der Waals surface area (Å²) in [4.78, 5) is 24.3. The molecule has 1 aliphatic heterocycles. The van der Waals surface area contributed by atoms with E-state index in [1.807, 2.05) is 0 Å². The van der Waals surface area contributed by atoms with E-state index in [0.29, 0.717) is 23.0 Å². The van der Waals surface area contributed by atoms with Gasteiger partial charge in [-0.3, -0.25) is 14.9 Å². The molecular formula is C18H16FN5O3S. The predicted molar refractivity (Wildman–Crippen MR) is 100 cm³/mol. The predicted octanol–water partition coefficient (Wildman–Crippen LogP) is 2.39. The van der Waals surface area contributed by atoms with Crippen LogP contribution in [0.4, 0.5) is 9.52 Å². The molecule has 8 nitrogen and oxygen atoms in total. The van der Waals surface area contributed by atoms with E-state index >= 15 is 0 Å². The summed E-state index contributed by atoms with van der Waals surface area (Å²) >= 11 is 1.25. The van der Waals surface area contributed by atoms with Gasteiger partial charge in [0.05, 0.1) is 5.69 Å². The Hall–Kier alpha value is -2.98. The third-order valence-corrected chi connectivity index (χ3v) is 5.12. The number of ether oxygens (including phenoxy) is 1. The number of anilines is 1. The Morgan fingerprint density at radius 2 is 2.07 bits per heavy atom. The molecule has 2 aromatic heterocycles. The molecular weight excluding hydrogens is 385 g/mol. The summed E-state index contributed by atoms with van der Waals surface area (Å²) in [7, 11) is 0. The Kier molecular flexibility index (Phi) is 5.22. The van der Waals surface area contributed by atoms with E-state index in [2.05, 4.69) is 20.6 Å². The third-order valence-electron chi connectivity index (χ3n) is 4.19. The number of nitrogens with zero attached hydrogens (tertiary/aromatic N) is 4. The van der Waals surface area contributed by atoms with Crippen LogP contribution in [-0.4, -0.2) is 32.5 Å². The van der Waals surface area contributed by atoms with Gasteiger partial charge in [0.2, 0.25) is 11.0 Å². The summed E-state index contributed by atoms with van der Waals surface area (Å²) in [6, 6.07) is 8.57. The number of carbonyl (C=O) groups excluding carboxylic acids is 1. The van der Waals surface area contributed by atoms with Crippen molar-refractivity contribution in [3.63, 3.8) is 0 Å². The van der Waals surface area contributed by atoms with E-state index in [0.717, 1.165) is 22.5 Å². The van der Waals surface area contributed by atoms with E-state index in [-0.39, 0.29) is 18.5 Å². The van der Waals surface area contributed by atoms with Crippen LogP contribution < -0.4 is 10.9 Å². The fourth-order valence-corrected chi connectivity index (χ4v) is 3.66. The average molecular weight is 401 g/mol. The zero-order valence-electron chi connectivity index (χ0n) is 14.7. The summed E-state index contributed by atoms with van der Waals surface area (Å²) in [5.74, 6) is -0.809. The highest BCUT2D eigenvalue weighted by molar-refractivity contribution is 7.15. The fourth-order valence-electron chi connectivity index (χ4n) is 2.82. The molecule has 0 bridgehead atoms. The van der Waals surface area contributed by atoms with E-state index in [4.69, 9.17) is 4.74 Å². The van der Waals surface area contributed by atoms with Gasteiger partial charge in [0, 0.05) is 18.2 Å². The van der Waals surface area contributed by atoms with Gasteiger partial charge in [0.15, 0.2) is 0 Å². The molecule has 1 amide bonds. The number of rotatable bonds is 5. The largest absolute Gasteiger partial charge is 0.371 e. The van der Waals surface area contributed by atoms with Crippen LogP contribution in [0.2, 0.25) is 0 Å². The third kappa shape index (κ3) is 4.12. The number of benzene rings is 1. The number of hydrogen-bond donors (Lipinski definition) is 1. The molecule has 0 unspecified atom stereocenters. The molecule has 10 heteroatoms. The second-order valence-corrected chi connectivity index (χ2v) is 7.23. The monoisotopic (exact) mass is 401 g/mol. The fraction of sp³-hybridized carbons (Fsp3) is 0.278. The second-order valence-electron chi connectivity index (χ2n) is 6.22. The van der Waals surface area contributed by atoms with Crippen molar-refractivity contribution < 1.29 is 13.9 Å². The van der Waals surface area contributed by atoms with Gasteiger partial charge >= 0.3 is 0 Å². The van der Waals surface area contributed by atoms with Crippen LogP contribution in [0.3, 0.4) is 0 Å². The number of nitrogens with one attached hydrogen (secondary N) is 1. The maximum Gasteiger partial charge on any atom is 0.267 e. The summed E-state index contributed by atoms with van der Waals surface area (Å²) in [5, 5.41) is 15.9. The standard InChI is InChI=1S/C18H16FN5O3S/c19-12-5-3-11(4-6-12)13-7-8-16(26)24(23-13)10-15(25)20-18-22-21-17(28-18)14-2-1-9-27-14/h3-8,14H,1-2,9-10H2,(H,20,22,25)/t14-/m1/s1. The molecule has 1 saturated heterocycles. The van der Waals surface area contributed by atoms with Gasteiger partial charge in [-0.05, 0) is 43.2 Å². The highest BCUT2D eigenvalue weighted by Crippen LogP contribution is 2.31. The minimum atomic E-state index is -0.444. The van der Waals surface area contributed by atoms with Crippen molar-refractivity contribution in [1.82, 2.24) is 20.0 Å². The SMILES string of the molecule is O=C(Cn1nc(-c2ccc(F)cc2)ccc1=O)Nc1nnc([C@H]2CCCO2)s1. The van der Waals surface area contributed by atoms with Crippen LogP contribution in [-0.2, 0) is 16.1 Å². The molecule has 144 valence electrons. The molecule has 0 spiro atoms. The van der Waals surface area contributed by atoms with Crippen LogP contribution in [0.15, 0.2) is 41.2 Å². The smallest absolute Gasteiger partial charge is 0.267 e. The van der Waals surface area contributed by atoms with Crippen molar-refractivity contribution >= 4 is 22.4 Å². The van der Waals surface area contributed by atoms with Gasteiger partial charge in [-0.1, -0.05) is 11.3 Å². The quantitative estimate of drug-likeness (QED) is 0.705. The van der Waals surface area contributed by atoms with Crippen LogP contribution in [0.1, 0.15) is 24.0 Å². The maximum atomic E-state index is 13.1. The van der Waals surface area contributed by atoms with Gasteiger partial charge < -0.3 is 4.74 Å². The summed E-state index contributed by atoms with van der Waals surface area (Å²) < 4.78 is 19.7. The van der Waals surface area contributed by atoms with Gasteiger partial charge in [-0.2, -0.15) is 5.10 Å². The first-order valence-corrected chi connectivity index (χ1v) is 9.49. The van der Waals surface area contributed by atoms with Crippen LogP contribution >= 0.6 is 11.3 Å². The average Bonchev–Trinajstić information content (AvgIpc) is 3.36. The van der Waals surface area contributed by atoms with E-state index < -0.39 is 11.5 Å². The molecule has 1 fully saturated rings. The maximum absolute atomic E-state index is 13.1. The second kappa shape index (κ2) is 7.95. The number of amides is 1. The summed E-state index contributed by atoms with van der Waals surface area (Å²) in [5.41, 5.74) is 0.684. The molecule has 4 rings (SSSR count). The number of carbonyl (C=O) groups is 1. The van der Waals surface area contributed by atoms with Crippen LogP contribution in [0.25, 0.3) is 11.3 Å². The lowest BCUT2D eigenvalue weighted by molar-refractivity contribution is -0.117. The molecule has 1 aromatic carbocycles. The van der Waals surface area contributed by atoms with Gasteiger partial charge in [-0.15, -0.1) is 10.2 Å². The van der Waals surface area contributed by atoms with Crippen molar-refractivity contribution in [3.05, 3.63) is 57.6 Å². The summed E-state index contributed by atoms with van der Waals surface area (Å²) in [6.45, 7) is 0.424. The normalized spacial score (nSPS) is 16.2. The van der Waals surface area contributed by atoms with E-state index in [9.17, 15) is 14.0 Å². The molecule has 0 radical (unpaired) electrons. The molecule has 0 saturated carbocycles.